The number of esters is 1. The number of aliphatic carboxylic acids is 1. The number of carbonyl (C=O) groups is 4. The molecule has 32 heavy (non-hydrogen) atoms. The van der Waals surface area contributed by atoms with Crippen molar-refractivity contribution >= 4 is 35.5 Å². The van der Waals surface area contributed by atoms with Crippen LogP contribution in [0.3, 0.4) is 0 Å². The van der Waals surface area contributed by atoms with Gasteiger partial charge in [0.05, 0.1) is 0 Å². The molecule has 2 heterocycles. The van der Waals surface area contributed by atoms with Gasteiger partial charge in [0, 0.05) is 23.8 Å². The minimum absolute atomic E-state index is 0.183. The van der Waals surface area contributed by atoms with Gasteiger partial charge in [-0.2, -0.15) is 0 Å². The lowest BCUT2D eigenvalue weighted by molar-refractivity contribution is -0.149. The average molecular weight is 452 g/mol. The summed E-state index contributed by atoms with van der Waals surface area (Å²) in [5.74, 6) is -2.44. The second-order valence-corrected chi connectivity index (χ2v) is 8.45. The number of carboxylic acids is 1. The fourth-order valence-electron chi connectivity index (χ4n) is 3.65. The SMILES string of the molecule is CC(=O)OCC1=C(C(=O)O)N2C(=O)[C@@H](NC(=O)c3ccc(-c4ccccc4)cc3)[C@H]2SC1. The number of ether oxygens (including phenoxy) is 1. The Balaban J connectivity index is 1.45. The first-order chi connectivity index (χ1) is 15.4. The second-order valence-electron chi connectivity index (χ2n) is 7.34. The molecule has 1 saturated heterocycles. The molecule has 2 aromatic rings. The summed E-state index contributed by atoms with van der Waals surface area (Å²) < 4.78 is 4.91. The highest BCUT2D eigenvalue weighted by Crippen LogP contribution is 2.40. The third kappa shape index (κ3) is 4.11. The fourth-order valence-corrected chi connectivity index (χ4v) is 4.98. The average Bonchev–Trinajstić information content (AvgIpc) is 2.80. The molecule has 4 rings (SSSR count). The standard InChI is InChI=1S/C23H20N2O6S/c1-13(26)31-11-17-12-32-22-18(21(28)25(22)19(17)23(29)30)24-20(27)16-9-7-15(8-10-16)14-5-3-2-4-6-14/h2-10,18,22H,11-12H2,1H3,(H,24,27)(H,29,30)/t18-,22-/m1/s1. The molecule has 2 atom stereocenters. The molecule has 1 fully saturated rings. The van der Waals surface area contributed by atoms with E-state index >= 15 is 0 Å². The molecular formula is C23H20N2O6S. The van der Waals surface area contributed by atoms with Gasteiger partial charge in [-0.15, -0.1) is 11.8 Å². The molecule has 0 aliphatic carbocycles. The number of carboxylic acid groups (broad SMARTS) is 1. The zero-order valence-corrected chi connectivity index (χ0v) is 17.9. The van der Waals surface area contributed by atoms with E-state index in [1.165, 1.54) is 18.7 Å². The first kappa shape index (κ1) is 21.6. The van der Waals surface area contributed by atoms with Crippen molar-refractivity contribution < 1.29 is 29.0 Å². The molecule has 2 aliphatic heterocycles. The summed E-state index contributed by atoms with van der Waals surface area (Å²) in [6, 6.07) is 16.0. The van der Waals surface area contributed by atoms with Gasteiger partial charge < -0.3 is 15.2 Å². The number of nitrogens with one attached hydrogen (secondary N) is 1. The van der Waals surface area contributed by atoms with Crippen LogP contribution in [0.25, 0.3) is 11.1 Å². The molecule has 0 spiro atoms. The van der Waals surface area contributed by atoms with Crippen LogP contribution in [0.5, 0.6) is 0 Å². The van der Waals surface area contributed by atoms with E-state index in [-0.39, 0.29) is 18.1 Å². The van der Waals surface area contributed by atoms with Crippen molar-refractivity contribution in [1.82, 2.24) is 10.2 Å². The van der Waals surface area contributed by atoms with Crippen LogP contribution in [0.2, 0.25) is 0 Å². The van der Waals surface area contributed by atoms with Crippen LogP contribution >= 0.6 is 11.8 Å². The Kier molecular flexibility index (Phi) is 6.00. The summed E-state index contributed by atoms with van der Waals surface area (Å²) in [5.41, 5.74) is 2.57. The highest BCUT2D eigenvalue weighted by molar-refractivity contribution is 8.00. The lowest BCUT2D eigenvalue weighted by atomic mass is 10.0. The Morgan fingerprint density at radius 2 is 1.75 bits per heavy atom. The van der Waals surface area contributed by atoms with Crippen LogP contribution in [-0.4, -0.2) is 57.5 Å². The molecule has 0 unspecified atom stereocenters. The van der Waals surface area contributed by atoms with Crippen LogP contribution in [0.15, 0.2) is 65.9 Å². The van der Waals surface area contributed by atoms with E-state index in [1.54, 1.807) is 12.1 Å². The third-order valence-corrected chi connectivity index (χ3v) is 6.58. The Morgan fingerprint density at radius 1 is 1.09 bits per heavy atom. The van der Waals surface area contributed by atoms with E-state index in [9.17, 15) is 24.3 Å². The smallest absolute Gasteiger partial charge is 0.352 e. The van der Waals surface area contributed by atoms with Crippen molar-refractivity contribution in [2.24, 2.45) is 0 Å². The van der Waals surface area contributed by atoms with E-state index in [0.29, 0.717) is 11.1 Å². The molecule has 0 radical (unpaired) electrons. The summed E-state index contributed by atoms with van der Waals surface area (Å²) in [5, 5.41) is 11.8. The first-order valence-corrected chi connectivity index (χ1v) is 10.9. The molecule has 2 aromatic carbocycles. The van der Waals surface area contributed by atoms with Gasteiger partial charge in [-0.1, -0.05) is 42.5 Å². The van der Waals surface area contributed by atoms with Crippen molar-refractivity contribution in [3.05, 3.63) is 71.4 Å². The summed E-state index contributed by atoms with van der Waals surface area (Å²) in [6.45, 7) is 1.04. The van der Waals surface area contributed by atoms with Gasteiger partial charge in [0.15, 0.2) is 0 Å². The van der Waals surface area contributed by atoms with Crippen LogP contribution in [0.4, 0.5) is 0 Å². The summed E-state index contributed by atoms with van der Waals surface area (Å²) in [7, 11) is 0. The second kappa shape index (κ2) is 8.88. The maximum absolute atomic E-state index is 12.7. The van der Waals surface area contributed by atoms with Crippen molar-refractivity contribution in [1.29, 1.82) is 0 Å². The number of fused-ring (bicyclic) bond motifs is 1. The number of nitrogens with zero attached hydrogens (tertiary/aromatic N) is 1. The molecule has 2 amide bonds. The number of benzene rings is 2. The molecule has 164 valence electrons. The van der Waals surface area contributed by atoms with E-state index in [0.717, 1.165) is 16.0 Å². The van der Waals surface area contributed by atoms with Gasteiger partial charge in [0.25, 0.3) is 11.8 Å². The molecule has 0 aromatic heterocycles. The topological polar surface area (TPSA) is 113 Å². The van der Waals surface area contributed by atoms with Crippen molar-refractivity contribution in [3.63, 3.8) is 0 Å². The van der Waals surface area contributed by atoms with Crippen LogP contribution in [-0.2, 0) is 19.1 Å². The molecule has 0 saturated carbocycles. The molecule has 9 heteroatoms. The van der Waals surface area contributed by atoms with E-state index in [1.807, 2.05) is 42.5 Å². The summed E-state index contributed by atoms with van der Waals surface area (Å²) in [6.07, 6.45) is 0. The Hall–Kier alpha value is -3.59. The van der Waals surface area contributed by atoms with E-state index in [2.05, 4.69) is 5.32 Å². The maximum atomic E-state index is 12.7. The highest BCUT2D eigenvalue weighted by Gasteiger charge is 2.54. The minimum Gasteiger partial charge on any atom is -0.477 e. The number of hydrogen-bond donors (Lipinski definition) is 2. The van der Waals surface area contributed by atoms with Crippen molar-refractivity contribution in [3.8, 4) is 11.1 Å². The van der Waals surface area contributed by atoms with Crippen LogP contribution in [0, 0.1) is 0 Å². The largest absolute Gasteiger partial charge is 0.477 e. The third-order valence-electron chi connectivity index (χ3n) is 5.24. The van der Waals surface area contributed by atoms with Gasteiger partial charge in [0.1, 0.15) is 23.7 Å². The normalized spacial score (nSPS) is 19.7. The number of carbonyl (C=O) groups excluding carboxylic acids is 3. The molecule has 8 nitrogen and oxygen atoms in total. The van der Waals surface area contributed by atoms with Gasteiger partial charge in [-0.25, -0.2) is 4.79 Å². The summed E-state index contributed by atoms with van der Waals surface area (Å²) in [4.78, 5) is 49.4. The molecular weight excluding hydrogens is 432 g/mol. The molecule has 2 N–H and O–H groups in total. The van der Waals surface area contributed by atoms with E-state index < -0.39 is 35.2 Å². The van der Waals surface area contributed by atoms with Gasteiger partial charge in [-0.3, -0.25) is 19.3 Å². The highest BCUT2D eigenvalue weighted by atomic mass is 32.2. The number of hydrogen-bond acceptors (Lipinski definition) is 6. The summed E-state index contributed by atoms with van der Waals surface area (Å²) >= 11 is 1.32. The van der Waals surface area contributed by atoms with Crippen molar-refractivity contribution in [2.75, 3.05) is 12.4 Å². The van der Waals surface area contributed by atoms with Crippen molar-refractivity contribution in [2.45, 2.75) is 18.3 Å². The molecule has 2 aliphatic rings. The number of amides is 2. The number of rotatable bonds is 6. The van der Waals surface area contributed by atoms with Gasteiger partial charge in [-0.05, 0) is 23.3 Å². The zero-order chi connectivity index (χ0) is 22.8. The lowest BCUT2D eigenvalue weighted by Gasteiger charge is -2.49. The number of β-lactam (4-membered cyclic amide) rings is 1. The van der Waals surface area contributed by atoms with E-state index in [4.69, 9.17) is 4.74 Å². The predicted octanol–water partition coefficient (Wildman–Crippen LogP) is 2.27. The molecule has 0 bridgehead atoms. The fraction of sp³-hybridized carbons (Fsp3) is 0.217. The van der Waals surface area contributed by atoms with Gasteiger partial charge >= 0.3 is 11.9 Å². The Labute approximate surface area is 188 Å². The lowest BCUT2D eigenvalue weighted by Crippen LogP contribution is -2.70. The zero-order valence-electron chi connectivity index (χ0n) is 17.1. The van der Waals surface area contributed by atoms with Crippen LogP contribution < -0.4 is 5.32 Å². The van der Waals surface area contributed by atoms with Crippen LogP contribution in [0.1, 0.15) is 17.3 Å². The number of thioether (sulfide) groups is 1. The Bertz CT molecular complexity index is 1110. The minimum atomic E-state index is -1.27. The first-order valence-electron chi connectivity index (χ1n) is 9.86. The van der Waals surface area contributed by atoms with Gasteiger partial charge in [0.2, 0.25) is 0 Å². The maximum Gasteiger partial charge on any atom is 0.352 e. The Morgan fingerprint density at radius 3 is 2.38 bits per heavy atom. The predicted molar refractivity (Wildman–Crippen MR) is 118 cm³/mol. The quantitative estimate of drug-likeness (QED) is 0.511. The monoisotopic (exact) mass is 452 g/mol.